The molecule has 3 rings (SSSR count). The number of rotatable bonds is 13. The predicted octanol–water partition coefficient (Wildman–Crippen LogP) is -8.24. The molecule has 3 saturated heterocycles. The molecule has 266 valence electrons. The molecule has 16 N–H and O–H groups in total. The number of carbonyl (C=O) groups is 3. The molecule has 3 fully saturated rings. The van der Waals surface area contributed by atoms with E-state index in [1.54, 1.807) is 0 Å². The Labute approximate surface area is 259 Å². The van der Waals surface area contributed by atoms with Gasteiger partial charge in [0.1, 0.15) is 55.4 Å². The number of hydrogen-bond donors (Lipinski definition) is 13. The lowest BCUT2D eigenvalue weighted by Crippen LogP contribution is -2.72. The number of carbonyl (C=O) groups excluding carboxylic acids is 1. The zero-order chi connectivity index (χ0) is 34.7. The largest absolute Gasteiger partial charge is 0.481 e. The summed E-state index contributed by atoms with van der Waals surface area (Å²) in [6.07, 6.45) is -20.9. The van der Waals surface area contributed by atoms with Gasteiger partial charge in [0.2, 0.25) is 0 Å². The van der Waals surface area contributed by atoms with Gasteiger partial charge >= 0.3 is 17.9 Å². The third-order valence-electron chi connectivity index (χ3n) is 7.89. The first-order chi connectivity index (χ1) is 21.5. The molecule has 0 aromatic carbocycles. The summed E-state index contributed by atoms with van der Waals surface area (Å²) < 4.78 is 32.5. The smallest absolute Gasteiger partial charge is 0.309 e. The number of carboxylic acid groups (broad SMARTS) is 2. The van der Waals surface area contributed by atoms with Crippen LogP contribution in [-0.2, 0) is 42.8 Å². The van der Waals surface area contributed by atoms with Gasteiger partial charge < -0.3 is 96.7 Å². The Morgan fingerprint density at radius 3 is 1.78 bits per heavy atom. The molecule has 0 aromatic rings. The van der Waals surface area contributed by atoms with Crippen LogP contribution in [-0.4, -0.2) is 180 Å². The summed E-state index contributed by atoms with van der Waals surface area (Å²) in [5, 5.41) is 100. The maximum atomic E-state index is 12.6. The van der Waals surface area contributed by atoms with Gasteiger partial charge in [-0.1, -0.05) is 0 Å². The summed E-state index contributed by atoms with van der Waals surface area (Å²) in [5.74, 6) is -9.28. The average Bonchev–Trinajstić information content (AvgIpc) is 3.00. The van der Waals surface area contributed by atoms with Crippen molar-refractivity contribution in [3.05, 3.63) is 0 Å². The van der Waals surface area contributed by atoms with Gasteiger partial charge in [-0.25, -0.2) is 0 Å². The van der Waals surface area contributed by atoms with E-state index in [0.717, 1.165) is 0 Å². The quantitative estimate of drug-likeness (QED) is 0.0806. The molecule has 0 saturated carbocycles. The van der Waals surface area contributed by atoms with Crippen molar-refractivity contribution < 1.29 is 93.9 Å². The van der Waals surface area contributed by atoms with Gasteiger partial charge in [0.25, 0.3) is 5.79 Å². The first-order valence-corrected chi connectivity index (χ1v) is 14.0. The van der Waals surface area contributed by atoms with Crippen LogP contribution in [0.25, 0.3) is 0 Å². The van der Waals surface area contributed by atoms with Crippen molar-refractivity contribution in [1.82, 2.24) is 0 Å². The van der Waals surface area contributed by atoms with E-state index < -0.39 is 148 Å². The molecule has 0 radical (unpaired) electrons. The van der Waals surface area contributed by atoms with E-state index >= 15 is 0 Å². The van der Waals surface area contributed by atoms with E-state index in [9.17, 15) is 60.3 Å². The number of nitrogens with two attached hydrogens (primary N) is 3. The SMILES string of the molecule is N[C@H]1[C@@H](OC2[C@@H](CO)O[C@@H](OC3[C@@H](CO)O[C@@H](O)[C@H](N)[C@H]3O)[C@H](N)[C@H]2O)O[C@](CO)(OC(=O)CC(CC(=O)O)C(=O)O)[C@@H](O)[C@@H]1O. The van der Waals surface area contributed by atoms with Crippen LogP contribution in [0, 0.1) is 5.92 Å². The fourth-order valence-electron chi connectivity index (χ4n) is 5.19. The van der Waals surface area contributed by atoms with Gasteiger partial charge in [0.15, 0.2) is 18.9 Å². The summed E-state index contributed by atoms with van der Waals surface area (Å²) in [6.45, 7) is -3.01. The zero-order valence-electron chi connectivity index (χ0n) is 24.1. The highest BCUT2D eigenvalue weighted by atomic mass is 16.8. The Morgan fingerprint density at radius 2 is 1.26 bits per heavy atom. The number of esters is 1. The van der Waals surface area contributed by atoms with Crippen molar-refractivity contribution >= 4 is 17.9 Å². The average molecular weight is 676 g/mol. The van der Waals surface area contributed by atoms with Gasteiger partial charge in [-0.3, -0.25) is 14.4 Å². The first kappa shape index (κ1) is 38.2. The standard InChI is InChI=1S/C24H41N3O19/c25-11-14(34)17(7(3-28)41-21(11)40)43-22-12(26)15(35)18(8(4-29)42-22)44-23-13(27)16(36)19(37)24(5-30,46-23)45-10(33)2-6(20(38)39)1-9(31)32/h6-8,11-19,21-23,28-30,34-37,40H,1-5,25-27H2,(H,31,32)(H,38,39)/t6?,7-,8-,11-,12-,13-,14-,15-,16-,17?,18?,19+,21-,22+,23+,24+/m1/s1. The monoisotopic (exact) mass is 675 g/mol. The molecule has 0 aromatic heterocycles. The Balaban J connectivity index is 1.78. The number of carboxylic acids is 2. The van der Waals surface area contributed by atoms with Gasteiger partial charge in [0.05, 0.1) is 50.1 Å². The van der Waals surface area contributed by atoms with E-state index in [-0.39, 0.29) is 0 Å². The fourth-order valence-corrected chi connectivity index (χ4v) is 5.19. The minimum atomic E-state index is -2.84. The van der Waals surface area contributed by atoms with Gasteiger partial charge in [-0.2, -0.15) is 0 Å². The minimum Gasteiger partial charge on any atom is -0.481 e. The van der Waals surface area contributed by atoms with Crippen LogP contribution in [0.1, 0.15) is 12.8 Å². The van der Waals surface area contributed by atoms with Gasteiger partial charge in [0, 0.05) is 0 Å². The summed E-state index contributed by atoms with van der Waals surface area (Å²) in [5.41, 5.74) is 17.7. The van der Waals surface area contributed by atoms with Crippen molar-refractivity contribution in [3.63, 3.8) is 0 Å². The molecule has 3 heterocycles. The maximum absolute atomic E-state index is 12.6. The van der Waals surface area contributed by atoms with Gasteiger partial charge in [-0.15, -0.1) is 0 Å². The molecule has 3 aliphatic rings. The second-order valence-corrected chi connectivity index (χ2v) is 11.1. The van der Waals surface area contributed by atoms with Crippen LogP contribution in [0.3, 0.4) is 0 Å². The number of hydrogen-bond acceptors (Lipinski definition) is 20. The predicted molar refractivity (Wildman–Crippen MR) is 140 cm³/mol. The third kappa shape index (κ3) is 8.07. The molecule has 0 aliphatic carbocycles. The van der Waals surface area contributed by atoms with Crippen molar-refractivity contribution in [3.8, 4) is 0 Å². The van der Waals surface area contributed by atoms with E-state index in [0.29, 0.717) is 0 Å². The third-order valence-corrected chi connectivity index (χ3v) is 7.89. The molecule has 0 spiro atoms. The Kier molecular flexibility index (Phi) is 13.1. The number of aliphatic hydroxyl groups excluding tert-OH is 8. The van der Waals surface area contributed by atoms with E-state index in [2.05, 4.69) is 0 Å². The lowest BCUT2D eigenvalue weighted by atomic mass is 9.93. The van der Waals surface area contributed by atoms with E-state index in [4.69, 9.17) is 50.7 Å². The van der Waals surface area contributed by atoms with E-state index in [1.165, 1.54) is 0 Å². The zero-order valence-corrected chi connectivity index (χ0v) is 24.1. The summed E-state index contributed by atoms with van der Waals surface area (Å²) >= 11 is 0. The lowest BCUT2D eigenvalue weighted by Gasteiger charge is -2.50. The molecular formula is C24H41N3O19. The normalized spacial score (nSPS) is 43.9. The molecule has 22 nitrogen and oxygen atoms in total. The van der Waals surface area contributed by atoms with Crippen LogP contribution in [0.5, 0.6) is 0 Å². The summed E-state index contributed by atoms with van der Waals surface area (Å²) in [7, 11) is 0. The molecule has 46 heavy (non-hydrogen) atoms. The highest BCUT2D eigenvalue weighted by molar-refractivity contribution is 5.83. The first-order valence-electron chi connectivity index (χ1n) is 14.0. The molecule has 0 amide bonds. The topological polar surface area (TPSA) is 387 Å². The minimum absolute atomic E-state index is 0.746. The van der Waals surface area contributed by atoms with Crippen molar-refractivity contribution in [2.75, 3.05) is 19.8 Å². The number of aliphatic carboxylic acids is 2. The molecule has 22 heteroatoms. The van der Waals surface area contributed by atoms with Crippen LogP contribution < -0.4 is 17.2 Å². The van der Waals surface area contributed by atoms with Crippen molar-refractivity contribution in [1.29, 1.82) is 0 Å². The lowest BCUT2D eigenvalue weighted by molar-refractivity contribution is -0.399. The maximum Gasteiger partial charge on any atom is 0.309 e. The molecule has 3 aliphatic heterocycles. The highest BCUT2D eigenvalue weighted by Crippen LogP contribution is 2.35. The van der Waals surface area contributed by atoms with Crippen LogP contribution in [0.2, 0.25) is 0 Å². The van der Waals surface area contributed by atoms with Crippen molar-refractivity contribution in [2.45, 2.75) is 104 Å². The second kappa shape index (κ2) is 15.8. The summed E-state index contributed by atoms with van der Waals surface area (Å²) in [6, 6.07) is -4.60. The number of ether oxygens (including phenoxy) is 6. The Hall–Kier alpha value is -2.23. The summed E-state index contributed by atoms with van der Waals surface area (Å²) in [4.78, 5) is 34.9. The van der Waals surface area contributed by atoms with E-state index in [1.807, 2.05) is 0 Å². The fraction of sp³-hybridized carbons (Fsp3) is 0.875. The van der Waals surface area contributed by atoms with Crippen LogP contribution >= 0.6 is 0 Å². The number of aliphatic hydroxyl groups is 8. The van der Waals surface area contributed by atoms with Crippen molar-refractivity contribution in [2.24, 2.45) is 23.1 Å². The van der Waals surface area contributed by atoms with Crippen LogP contribution in [0.15, 0.2) is 0 Å². The Morgan fingerprint density at radius 1 is 0.739 bits per heavy atom. The molecular weight excluding hydrogens is 634 g/mol. The Bertz CT molecular complexity index is 1050. The van der Waals surface area contributed by atoms with Crippen LogP contribution in [0.4, 0.5) is 0 Å². The van der Waals surface area contributed by atoms with Gasteiger partial charge in [-0.05, 0) is 0 Å². The molecule has 16 atom stereocenters. The second-order valence-electron chi connectivity index (χ2n) is 11.1. The molecule has 3 unspecified atom stereocenters. The molecule has 0 bridgehead atoms. The highest BCUT2D eigenvalue weighted by Gasteiger charge is 2.58.